The van der Waals surface area contributed by atoms with Gasteiger partial charge in [-0.3, -0.25) is 4.90 Å². The van der Waals surface area contributed by atoms with E-state index in [2.05, 4.69) is 31.2 Å². The van der Waals surface area contributed by atoms with Crippen LogP contribution in [0.25, 0.3) is 5.65 Å². The van der Waals surface area contributed by atoms with Crippen molar-refractivity contribution in [1.82, 2.24) is 29.9 Å². The molecular weight excluding hydrogens is 330 g/mol. The lowest BCUT2D eigenvalue weighted by Gasteiger charge is -2.30. The van der Waals surface area contributed by atoms with Crippen molar-refractivity contribution < 1.29 is 4.52 Å². The Morgan fingerprint density at radius 3 is 2.62 bits per heavy atom. The summed E-state index contributed by atoms with van der Waals surface area (Å²) in [6.45, 7) is 5.09. The van der Waals surface area contributed by atoms with Crippen LogP contribution in [0, 0.1) is 0 Å². The summed E-state index contributed by atoms with van der Waals surface area (Å²) >= 11 is 0. The van der Waals surface area contributed by atoms with Crippen LogP contribution in [-0.2, 0) is 6.54 Å². The van der Waals surface area contributed by atoms with Crippen molar-refractivity contribution in [2.24, 2.45) is 0 Å². The van der Waals surface area contributed by atoms with Crippen LogP contribution in [-0.4, -0.2) is 56.0 Å². The van der Waals surface area contributed by atoms with Gasteiger partial charge in [-0.1, -0.05) is 5.16 Å². The molecule has 2 saturated heterocycles. The average Bonchev–Trinajstić information content (AvgIpc) is 3.43. The summed E-state index contributed by atoms with van der Waals surface area (Å²) in [6, 6.07) is 6.04. The SMILES string of the molecule is c1cc(CN2CCC(c3nnc4ccc(N5CCCC5)nn34)CC2)no1. The molecule has 26 heavy (non-hydrogen) atoms. The summed E-state index contributed by atoms with van der Waals surface area (Å²) in [5.74, 6) is 2.45. The van der Waals surface area contributed by atoms with Gasteiger partial charge in [0, 0.05) is 31.6 Å². The molecule has 5 rings (SSSR count). The van der Waals surface area contributed by atoms with Crippen LogP contribution in [0.15, 0.2) is 29.0 Å². The molecule has 0 N–H and O–H groups in total. The highest BCUT2D eigenvalue weighted by Crippen LogP contribution is 2.28. The van der Waals surface area contributed by atoms with Gasteiger partial charge in [0.25, 0.3) is 0 Å². The second kappa shape index (κ2) is 6.68. The normalized spacial score (nSPS) is 19.6. The van der Waals surface area contributed by atoms with Crippen molar-refractivity contribution in [2.75, 3.05) is 31.1 Å². The van der Waals surface area contributed by atoms with Gasteiger partial charge in [-0.15, -0.1) is 15.3 Å². The first-order valence-corrected chi connectivity index (χ1v) is 9.46. The molecule has 0 amide bonds. The largest absolute Gasteiger partial charge is 0.364 e. The number of anilines is 1. The number of fused-ring (bicyclic) bond motifs is 1. The molecule has 0 radical (unpaired) electrons. The van der Waals surface area contributed by atoms with Gasteiger partial charge in [0.1, 0.15) is 12.1 Å². The molecule has 3 aromatic heterocycles. The monoisotopic (exact) mass is 353 g/mol. The van der Waals surface area contributed by atoms with Crippen molar-refractivity contribution in [1.29, 1.82) is 0 Å². The van der Waals surface area contributed by atoms with Crippen molar-refractivity contribution in [3.63, 3.8) is 0 Å². The second-order valence-corrected chi connectivity index (χ2v) is 7.26. The summed E-state index contributed by atoms with van der Waals surface area (Å²) < 4.78 is 6.89. The third-order valence-corrected chi connectivity index (χ3v) is 5.53. The Hall–Kier alpha value is -2.48. The zero-order valence-electron chi connectivity index (χ0n) is 14.8. The molecule has 0 aromatic carbocycles. The van der Waals surface area contributed by atoms with Gasteiger partial charge < -0.3 is 9.42 Å². The van der Waals surface area contributed by atoms with Crippen molar-refractivity contribution in [2.45, 2.75) is 38.1 Å². The summed E-state index contributed by atoms with van der Waals surface area (Å²) in [7, 11) is 0. The van der Waals surface area contributed by atoms with E-state index in [0.29, 0.717) is 5.92 Å². The fraction of sp³-hybridized carbons (Fsp3) is 0.556. The van der Waals surface area contributed by atoms with Gasteiger partial charge in [0.2, 0.25) is 0 Å². The zero-order valence-corrected chi connectivity index (χ0v) is 14.8. The Kier molecular flexibility index (Phi) is 4.05. The van der Waals surface area contributed by atoms with E-state index >= 15 is 0 Å². The van der Waals surface area contributed by atoms with E-state index in [-0.39, 0.29) is 0 Å². The lowest BCUT2D eigenvalue weighted by molar-refractivity contribution is 0.196. The van der Waals surface area contributed by atoms with Crippen LogP contribution in [0.5, 0.6) is 0 Å². The lowest BCUT2D eigenvalue weighted by Crippen LogP contribution is -2.33. The molecule has 8 heteroatoms. The highest BCUT2D eigenvalue weighted by Gasteiger charge is 2.26. The maximum Gasteiger partial charge on any atom is 0.178 e. The predicted octanol–water partition coefficient (Wildman–Crippen LogP) is 2.09. The maximum absolute atomic E-state index is 4.93. The minimum absolute atomic E-state index is 0.403. The quantitative estimate of drug-likeness (QED) is 0.711. The highest BCUT2D eigenvalue weighted by molar-refractivity contribution is 5.46. The molecule has 0 aliphatic carbocycles. The van der Waals surface area contributed by atoms with Gasteiger partial charge in [0.15, 0.2) is 11.5 Å². The van der Waals surface area contributed by atoms with Gasteiger partial charge in [-0.25, -0.2) is 0 Å². The topological polar surface area (TPSA) is 75.6 Å². The highest BCUT2D eigenvalue weighted by atomic mass is 16.5. The third kappa shape index (κ3) is 2.94. The van der Waals surface area contributed by atoms with Crippen LogP contribution in [0.1, 0.15) is 43.1 Å². The molecule has 0 unspecified atom stereocenters. The van der Waals surface area contributed by atoms with Crippen LogP contribution < -0.4 is 4.90 Å². The molecule has 2 aliphatic heterocycles. The molecule has 2 fully saturated rings. The zero-order chi connectivity index (χ0) is 17.3. The Bertz CT molecular complexity index is 861. The van der Waals surface area contributed by atoms with Gasteiger partial charge in [-0.2, -0.15) is 4.52 Å². The molecule has 8 nitrogen and oxygen atoms in total. The summed E-state index contributed by atoms with van der Waals surface area (Å²) in [5.41, 5.74) is 1.83. The molecule has 0 bridgehead atoms. The fourth-order valence-electron chi connectivity index (χ4n) is 4.06. The van der Waals surface area contributed by atoms with E-state index in [1.807, 2.05) is 16.6 Å². The van der Waals surface area contributed by atoms with Crippen molar-refractivity contribution in [3.8, 4) is 0 Å². The second-order valence-electron chi connectivity index (χ2n) is 7.26. The molecule has 0 atom stereocenters. The third-order valence-electron chi connectivity index (χ3n) is 5.53. The summed E-state index contributed by atoms with van der Waals surface area (Å²) in [4.78, 5) is 4.77. The number of likely N-dealkylation sites (tertiary alicyclic amines) is 1. The number of hydrogen-bond donors (Lipinski definition) is 0. The van der Waals surface area contributed by atoms with Gasteiger partial charge in [-0.05, 0) is 50.9 Å². The molecular formula is C18H23N7O. The van der Waals surface area contributed by atoms with Crippen LogP contribution in [0.3, 0.4) is 0 Å². The minimum atomic E-state index is 0.403. The lowest BCUT2D eigenvalue weighted by atomic mass is 9.96. The Morgan fingerprint density at radius 2 is 1.85 bits per heavy atom. The van der Waals surface area contributed by atoms with Crippen LogP contribution in [0.2, 0.25) is 0 Å². The van der Waals surface area contributed by atoms with E-state index in [0.717, 1.165) is 68.5 Å². The van der Waals surface area contributed by atoms with Gasteiger partial charge in [0.05, 0.1) is 5.69 Å². The number of hydrogen-bond acceptors (Lipinski definition) is 7. The fourth-order valence-corrected chi connectivity index (χ4v) is 4.06. The summed E-state index contributed by atoms with van der Waals surface area (Å²) in [5, 5.41) is 17.7. The summed E-state index contributed by atoms with van der Waals surface area (Å²) in [6.07, 6.45) is 6.26. The Morgan fingerprint density at radius 1 is 1.00 bits per heavy atom. The Labute approximate surface area is 151 Å². The first kappa shape index (κ1) is 15.7. The van der Waals surface area contributed by atoms with Crippen LogP contribution >= 0.6 is 0 Å². The molecule has 3 aromatic rings. The van der Waals surface area contributed by atoms with Crippen molar-refractivity contribution in [3.05, 3.63) is 36.0 Å². The minimum Gasteiger partial charge on any atom is -0.364 e. The molecule has 0 spiro atoms. The van der Waals surface area contributed by atoms with E-state index in [9.17, 15) is 0 Å². The first-order valence-electron chi connectivity index (χ1n) is 9.46. The van der Waals surface area contributed by atoms with E-state index in [1.165, 1.54) is 12.8 Å². The molecule has 136 valence electrons. The number of nitrogens with zero attached hydrogens (tertiary/aromatic N) is 7. The molecule has 5 heterocycles. The number of piperidine rings is 1. The van der Waals surface area contributed by atoms with E-state index in [1.54, 1.807) is 6.26 Å². The van der Waals surface area contributed by atoms with E-state index in [4.69, 9.17) is 9.62 Å². The first-order chi connectivity index (χ1) is 12.9. The van der Waals surface area contributed by atoms with E-state index < -0.39 is 0 Å². The predicted molar refractivity (Wildman–Crippen MR) is 96.0 cm³/mol. The van der Waals surface area contributed by atoms with Gasteiger partial charge >= 0.3 is 0 Å². The smallest absolute Gasteiger partial charge is 0.178 e. The van der Waals surface area contributed by atoms with Crippen molar-refractivity contribution >= 4 is 11.5 Å². The number of aromatic nitrogens is 5. The number of rotatable bonds is 4. The maximum atomic E-state index is 4.93. The van der Waals surface area contributed by atoms with Crippen LogP contribution in [0.4, 0.5) is 5.82 Å². The average molecular weight is 353 g/mol. The Balaban J connectivity index is 1.32. The molecule has 2 aliphatic rings. The molecule has 0 saturated carbocycles. The standard InChI is InChI=1S/C18H23N7O/c1-2-9-24(8-1)17-4-3-16-19-20-18(25(16)21-17)14-5-10-23(11-6-14)13-15-7-12-26-22-15/h3-4,7,12,14H,1-2,5-6,8-11,13H2.